The third kappa shape index (κ3) is 4.09. The van der Waals surface area contributed by atoms with Crippen LogP contribution in [0.4, 0.5) is 0 Å². The maximum atomic E-state index is 12.3. The molecule has 1 amide bonds. The van der Waals surface area contributed by atoms with Crippen molar-refractivity contribution < 1.29 is 14.3 Å². The maximum absolute atomic E-state index is 12.3. The van der Waals surface area contributed by atoms with Crippen LogP contribution in [0.2, 0.25) is 0 Å². The summed E-state index contributed by atoms with van der Waals surface area (Å²) in [6, 6.07) is 5.66. The first-order chi connectivity index (χ1) is 8.97. The predicted octanol–water partition coefficient (Wildman–Crippen LogP) is 2.33. The van der Waals surface area contributed by atoms with E-state index in [1.165, 1.54) is 0 Å². The van der Waals surface area contributed by atoms with Crippen molar-refractivity contribution in [2.24, 2.45) is 0 Å². The minimum absolute atomic E-state index is 0.0644. The number of ether oxygens (including phenoxy) is 1. The standard InChI is InChI=1S/C15H21NO3/c1-5-19-14(17)9-10-16(4)15(18)13-8-6-7-11(2)12(13)3/h6-8H,5,9-10H2,1-4H3. The monoisotopic (exact) mass is 263 g/mol. The SMILES string of the molecule is CCOC(=O)CCN(C)C(=O)c1cccc(C)c1C. The number of hydrogen-bond donors (Lipinski definition) is 0. The van der Waals surface area contributed by atoms with Crippen molar-refractivity contribution in [2.75, 3.05) is 20.2 Å². The van der Waals surface area contributed by atoms with E-state index in [-0.39, 0.29) is 18.3 Å². The summed E-state index contributed by atoms with van der Waals surface area (Å²) in [5.74, 6) is -0.339. The van der Waals surface area contributed by atoms with Gasteiger partial charge >= 0.3 is 5.97 Å². The van der Waals surface area contributed by atoms with Crippen LogP contribution in [0.1, 0.15) is 34.8 Å². The highest BCUT2D eigenvalue weighted by Crippen LogP contribution is 2.14. The van der Waals surface area contributed by atoms with Crippen LogP contribution in [0.15, 0.2) is 18.2 Å². The first kappa shape index (κ1) is 15.2. The maximum Gasteiger partial charge on any atom is 0.307 e. The molecule has 0 aliphatic rings. The molecule has 19 heavy (non-hydrogen) atoms. The second kappa shape index (κ2) is 6.92. The molecule has 4 heteroatoms. The van der Waals surface area contributed by atoms with Gasteiger partial charge in [0.15, 0.2) is 0 Å². The number of amides is 1. The minimum Gasteiger partial charge on any atom is -0.466 e. The fourth-order valence-corrected chi connectivity index (χ4v) is 1.78. The topological polar surface area (TPSA) is 46.6 Å². The van der Waals surface area contributed by atoms with E-state index in [1.807, 2.05) is 32.0 Å². The Hall–Kier alpha value is -1.84. The number of aryl methyl sites for hydroxylation is 1. The van der Waals surface area contributed by atoms with Crippen molar-refractivity contribution in [3.63, 3.8) is 0 Å². The van der Waals surface area contributed by atoms with E-state index in [0.717, 1.165) is 11.1 Å². The van der Waals surface area contributed by atoms with Crippen molar-refractivity contribution in [2.45, 2.75) is 27.2 Å². The van der Waals surface area contributed by atoms with Crippen molar-refractivity contribution >= 4 is 11.9 Å². The summed E-state index contributed by atoms with van der Waals surface area (Å²) in [5, 5.41) is 0. The van der Waals surface area contributed by atoms with E-state index in [1.54, 1.807) is 18.9 Å². The molecule has 0 aromatic heterocycles. The summed E-state index contributed by atoms with van der Waals surface area (Å²) in [6.07, 6.45) is 0.223. The highest BCUT2D eigenvalue weighted by Gasteiger charge is 2.15. The number of esters is 1. The summed E-state index contributed by atoms with van der Waals surface area (Å²) in [4.78, 5) is 25.1. The van der Waals surface area contributed by atoms with Gasteiger partial charge in [-0.25, -0.2) is 0 Å². The summed E-state index contributed by atoms with van der Waals surface area (Å²) in [5.41, 5.74) is 2.76. The Morgan fingerprint density at radius 2 is 1.95 bits per heavy atom. The number of nitrogens with zero attached hydrogens (tertiary/aromatic N) is 1. The van der Waals surface area contributed by atoms with E-state index in [9.17, 15) is 9.59 Å². The molecule has 0 saturated carbocycles. The summed E-state index contributed by atoms with van der Waals surface area (Å²) in [6.45, 7) is 6.41. The zero-order valence-corrected chi connectivity index (χ0v) is 12.0. The quantitative estimate of drug-likeness (QED) is 0.766. The van der Waals surface area contributed by atoms with Crippen molar-refractivity contribution in [3.05, 3.63) is 34.9 Å². The molecule has 0 N–H and O–H groups in total. The molecule has 104 valence electrons. The molecule has 1 aromatic rings. The van der Waals surface area contributed by atoms with Gasteiger partial charge in [-0.3, -0.25) is 9.59 Å². The minimum atomic E-state index is -0.275. The fraction of sp³-hybridized carbons (Fsp3) is 0.467. The van der Waals surface area contributed by atoms with E-state index in [0.29, 0.717) is 18.7 Å². The van der Waals surface area contributed by atoms with Gasteiger partial charge in [0, 0.05) is 19.2 Å². The Morgan fingerprint density at radius 1 is 1.26 bits per heavy atom. The van der Waals surface area contributed by atoms with Crippen LogP contribution in [0.25, 0.3) is 0 Å². The molecule has 0 saturated heterocycles. The third-order valence-corrected chi connectivity index (χ3v) is 3.14. The first-order valence-electron chi connectivity index (χ1n) is 6.44. The van der Waals surface area contributed by atoms with Crippen molar-refractivity contribution in [1.29, 1.82) is 0 Å². The van der Waals surface area contributed by atoms with Crippen molar-refractivity contribution in [3.8, 4) is 0 Å². The van der Waals surface area contributed by atoms with Gasteiger partial charge in [0.1, 0.15) is 0 Å². The first-order valence-corrected chi connectivity index (χ1v) is 6.44. The van der Waals surface area contributed by atoms with Crippen LogP contribution >= 0.6 is 0 Å². The molecule has 1 rings (SSSR count). The largest absolute Gasteiger partial charge is 0.466 e. The average Bonchev–Trinajstić information content (AvgIpc) is 2.38. The van der Waals surface area contributed by atoms with Crippen LogP contribution < -0.4 is 0 Å². The van der Waals surface area contributed by atoms with Crippen LogP contribution in [0.5, 0.6) is 0 Å². The molecule has 0 atom stereocenters. The zero-order chi connectivity index (χ0) is 14.4. The number of carbonyl (C=O) groups excluding carboxylic acids is 2. The Labute approximate surface area is 114 Å². The van der Waals surface area contributed by atoms with Gasteiger partial charge < -0.3 is 9.64 Å². The number of hydrogen-bond acceptors (Lipinski definition) is 3. The highest BCUT2D eigenvalue weighted by molar-refractivity contribution is 5.95. The molecule has 0 unspecified atom stereocenters. The second-order valence-electron chi connectivity index (χ2n) is 4.53. The number of rotatable bonds is 5. The molecular weight excluding hydrogens is 242 g/mol. The van der Waals surface area contributed by atoms with Crippen LogP contribution in [0, 0.1) is 13.8 Å². The molecule has 0 aliphatic carbocycles. The lowest BCUT2D eigenvalue weighted by molar-refractivity contribution is -0.143. The van der Waals surface area contributed by atoms with Gasteiger partial charge in [-0.2, -0.15) is 0 Å². The molecule has 0 heterocycles. The third-order valence-electron chi connectivity index (χ3n) is 3.14. The van der Waals surface area contributed by atoms with Gasteiger partial charge in [-0.15, -0.1) is 0 Å². The van der Waals surface area contributed by atoms with E-state index < -0.39 is 0 Å². The Balaban J connectivity index is 2.67. The lowest BCUT2D eigenvalue weighted by atomic mass is 10.0. The zero-order valence-electron chi connectivity index (χ0n) is 12.0. The van der Waals surface area contributed by atoms with E-state index >= 15 is 0 Å². The molecular formula is C15H21NO3. The fourth-order valence-electron chi connectivity index (χ4n) is 1.78. The molecule has 1 aromatic carbocycles. The molecule has 0 bridgehead atoms. The van der Waals surface area contributed by atoms with Crippen molar-refractivity contribution in [1.82, 2.24) is 4.90 Å². The predicted molar refractivity (Wildman–Crippen MR) is 74.1 cm³/mol. The van der Waals surface area contributed by atoms with E-state index in [4.69, 9.17) is 4.74 Å². The Morgan fingerprint density at radius 3 is 2.58 bits per heavy atom. The van der Waals surface area contributed by atoms with Gasteiger partial charge in [0.05, 0.1) is 13.0 Å². The molecule has 0 fully saturated rings. The van der Waals surface area contributed by atoms with Gasteiger partial charge in [0.25, 0.3) is 5.91 Å². The van der Waals surface area contributed by atoms with Crippen LogP contribution in [-0.4, -0.2) is 37.0 Å². The summed E-state index contributed by atoms with van der Waals surface area (Å²) < 4.78 is 4.84. The van der Waals surface area contributed by atoms with Gasteiger partial charge in [0.2, 0.25) is 0 Å². The van der Waals surface area contributed by atoms with Gasteiger partial charge in [-0.05, 0) is 38.0 Å². The molecule has 0 spiro atoms. The van der Waals surface area contributed by atoms with Crippen LogP contribution in [0.3, 0.4) is 0 Å². The normalized spacial score (nSPS) is 10.1. The summed E-state index contributed by atoms with van der Waals surface area (Å²) >= 11 is 0. The highest BCUT2D eigenvalue weighted by atomic mass is 16.5. The molecule has 4 nitrogen and oxygen atoms in total. The number of carbonyl (C=O) groups is 2. The Kier molecular flexibility index (Phi) is 5.55. The number of benzene rings is 1. The summed E-state index contributed by atoms with van der Waals surface area (Å²) in [7, 11) is 1.70. The lowest BCUT2D eigenvalue weighted by Gasteiger charge is -2.18. The second-order valence-corrected chi connectivity index (χ2v) is 4.53. The van der Waals surface area contributed by atoms with E-state index in [2.05, 4.69) is 0 Å². The van der Waals surface area contributed by atoms with Crippen LogP contribution in [-0.2, 0) is 9.53 Å². The molecule has 0 radical (unpaired) electrons. The average molecular weight is 263 g/mol. The lowest BCUT2D eigenvalue weighted by Crippen LogP contribution is -2.30. The Bertz CT molecular complexity index is 468. The molecule has 0 aliphatic heterocycles. The van der Waals surface area contributed by atoms with Gasteiger partial charge in [-0.1, -0.05) is 12.1 Å². The smallest absolute Gasteiger partial charge is 0.307 e.